The lowest BCUT2D eigenvalue weighted by atomic mass is 10.1. The van der Waals surface area contributed by atoms with Gasteiger partial charge in [0, 0.05) is 0 Å². The highest BCUT2D eigenvalue weighted by atomic mass is 127. The summed E-state index contributed by atoms with van der Waals surface area (Å²) in [5.74, 6) is 0. The number of alkyl halides is 1. The van der Waals surface area contributed by atoms with E-state index >= 15 is 0 Å². The summed E-state index contributed by atoms with van der Waals surface area (Å²) in [7, 11) is 0. The predicted molar refractivity (Wildman–Crippen MR) is 84.3 cm³/mol. The zero-order valence-corrected chi connectivity index (χ0v) is 13.7. The van der Waals surface area contributed by atoms with E-state index in [-0.39, 0.29) is 41.7 Å². The van der Waals surface area contributed by atoms with Crippen LogP contribution in [0, 0.1) is 0 Å². The Morgan fingerprint density at radius 2 is 2.00 bits per heavy atom. The number of halogens is 1. The van der Waals surface area contributed by atoms with Crippen LogP contribution in [0.3, 0.4) is 0 Å². The van der Waals surface area contributed by atoms with Crippen molar-refractivity contribution in [2.75, 3.05) is 19.8 Å². The van der Waals surface area contributed by atoms with Crippen molar-refractivity contribution in [3.63, 3.8) is 0 Å². The van der Waals surface area contributed by atoms with Gasteiger partial charge in [0.2, 0.25) is 0 Å². The number of benzene rings is 1. The molecule has 0 unspecified atom stereocenters. The summed E-state index contributed by atoms with van der Waals surface area (Å²) in [5.41, 5.74) is 1.14. The molecule has 1 aromatic carbocycles. The number of aliphatic hydroxyl groups excluding tert-OH is 1. The largest absolute Gasteiger partial charge is 0.394 e. The van der Waals surface area contributed by atoms with Crippen LogP contribution in [0.15, 0.2) is 30.3 Å². The Labute approximate surface area is 137 Å². The lowest BCUT2D eigenvalue weighted by Crippen LogP contribution is -2.31. The lowest BCUT2D eigenvalue weighted by Gasteiger charge is -2.19. The minimum Gasteiger partial charge on any atom is -0.394 e. The topological polar surface area (TPSA) is 57.2 Å². The molecule has 2 aliphatic rings. The van der Waals surface area contributed by atoms with Crippen molar-refractivity contribution in [2.24, 2.45) is 0 Å². The molecule has 2 fully saturated rings. The summed E-state index contributed by atoms with van der Waals surface area (Å²) in [5, 5.41) is 8.84. The molecule has 1 aromatic rings. The molecular formula is C15H19IO5. The highest BCUT2D eigenvalue weighted by Gasteiger charge is 2.52. The van der Waals surface area contributed by atoms with Crippen LogP contribution in [0.25, 0.3) is 0 Å². The third kappa shape index (κ3) is 3.57. The maximum absolute atomic E-state index is 8.84. The number of rotatable bonds is 6. The molecule has 0 radical (unpaired) electrons. The fraction of sp³-hybridized carbons (Fsp3) is 0.600. The molecule has 0 aromatic heterocycles. The van der Waals surface area contributed by atoms with Crippen molar-refractivity contribution in [3.8, 4) is 0 Å². The Morgan fingerprint density at radius 1 is 1.19 bits per heavy atom. The van der Waals surface area contributed by atoms with Crippen molar-refractivity contribution in [3.05, 3.63) is 35.9 Å². The van der Waals surface area contributed by atoms with Crippen LogP contribution in [0.4, 0.5) is 0 Å². The van der Waals surface area contributed by atoms with Crippen molar-refractivity contribution in [1.29, 1.82) is 0 Å². The van der Waals surface area contributed by atoms with Crippen LogP contribution in [0.1, 0.15) is 5.56 Å². The molecule has 5 nitrogen and oxygen atoms in total. The van der Waals surface area contributed by atoms with Gasteiger partial charge in [0.25, 0.3) is 0 Å². The molecule has 2 heterocycles. The average Bonchev–Trinajstić information content (AvgIpc) is 3.05. The van der Waals surface area contributed by atoms with Crippen LogP contribution < -0.4 is 0 Å². The number of hydrogen-bond acceptors (Lipinski definition) is 5. The second kappa shape index (κ2) is 7.34. The minimum atomic E-state index is -0.337. The van der Waals surface area contributed by atoms with Gasteiger partial charge in [0.15, 0.2) is 6.29 Å². The molecule has 5 atom stereocenters. The molecule has 1 N–H and O–H groups in total. The summed E-state index contributed by atoms with van der Waals surface area (Å²) in [6.45, 7) is 1.37. The van der Waals surface area contributed by atoms with Crippen LogP contribution >= 0.6 is 22.6 Å². The van der Waals surface area contributed by atoms with Gasteiger partial charge in [-0.05, 0) is 5.56 Å². The molecule has 2 saturated heterocycles. The van der Waals surface area contributed by atoms with Crippen molar-refractivity contribution >= 4 is 22.6 Å². The molecule has 21 heavy (non-hydrogen) atoms. The monoisotopic (exact) mass is 406 g/mol. The normalized spacial score (nSPS) is 35.0. The molecule has 0 aliphatic carbocycles. The first kappa shape index (κ1) is 15.6. The second-order valence-electron chi connectivity index (χ2n) is 5.14. The highest BCUT2D eigenvalue weighted by molar-refractivity contribution is 14.1. The van der Waals surface area contributed by atoms with Gasteiger partial charge in [0.1, 0.15) is 18.3 Å². The molecular weight excluding hydrogens is 387 g/mol. The Morgan fingerprint density at radius 3 is 2.76 bits per heavy atom. The summed E-state index contributed by atoms with van der Waals surface area (Å²) >= 11 is 2.29. The quantitative estimate of drug-likeness (QED) is 0.574. The van der Waals surface area contributed by atoms with Crippen LogP contribution in [0.5, 0.6) is 0 Å². The highest BCUT2D eigenvalue weighted by Crippen LogP contribution is 2.37. The van der Waals surface area contributed by atoms with Gasteiger partial charge in [-0.2, -0.15) is 0 Å². The van der Waals surface area contributed by atoms with E-state index in [1.165, 1.54) is 0 Å². The molecule has 0 bridgehead atoms. The maximum Gasteiger partial charge on any atom is 0.172 e. The summed E-state index contributed by atoms with van der Waals surface area (Å²) < 4.78 is 23.3. The summed E-state index contributed by atoms with van der Waals surface area (Å²) in [4.78, 5) is 0. The fourth-order valence-corrected chi connectivity index (χ4v) is 3.64. The Hall–Kier alpha value is -0.250. The van der Waals surface area contributed by atoms with E-state index in [0.29, 0.717) is 13.2 Å². The predicted octanol–water partition coefficient (Wildman–Crippen LogP) is 1.51. The molecule has 116 valence electrons. The zero-order valence-electron chi connectivity index (χ0n) is 11.6. The Balaban J connectivity index is 1.54. The van der Waals surface area contributed by atoms with Crippen LogP contribution in [-0.2, 0) is 25.6 Å². The average molecular weight is 406 g/mol. The summed E-state index contributed by atoms with van der Waals surface area (Å²) in [6, 6.07) is 10.1. The first-order valence-corrected chi connectivity index (χ1v) is 8.33. The fourth-order valence-electron chi connectivity index (χ4n) is 2.65. The van der Waals surface area contributed by atoms with E-state index in [1.807, 2.05) is 30.3 Å². The van der Waals surface area contributed by atoms with Gasteiger partial charge >= 0.3 is 0 Å². The first-order valence-electron chi connectivity index (χ1n) is 7.08. The van der Waals surface area contributed by atoms with Gasteiger partial charge in [0.05, 0.1) is 30.4 Å². The van der Waals surface area contributed by atoms with E-state index in [2.05, 4.69) is 22.6 Å². The van der Waals surface area contributed by atoms with Crippen molar-refractivity contribution in [2.45, 2.75) is 35.1 Å². The number of hydrogen-bond donors (Lipinski definition) is 1. The zero-order chi connectivity index (χ0) is 14.7. The Kier molecular flexibility index (Phi) is 5.47. The van der Waals surface area contributed by atoms with E-state index < -0.39 is 0 Å². The molecule has 3 rings (SSSR count). The molecule has 0 saturated carbocycles. The standard InChI is InChI=1S/C15H19IO5/c16-12-14-13(21-15(12)18-7-6-17)11(9-20-14)19-8-10-4-2-1-3-5-10/h1-5,11-15,17H,6-9H2/t11-,12-,13-,14-,15-/m1/s1. The summed E-state index contributed by atoms with van der Waals surface area (Å²) in [6.07, 6.45) is -0.513. The first-order chi connectivity index (χ1) is 10.3. The number of fused-ring (bicyclic) bond motifs is 1. The van der Waals surface area contributed by atoms with Crippen molar-refractivity contribution < 1.29 is 24.1 Å². The number of aliphatic hydroxyl groups is 1. The van der Waals surface area contributed by atoms with Crippen LogP contribution in [-0.4, -0.2) is 53.5 Å². The van der Waals surface area contributed by atoms with Gasteiger partial charge < -0.3 is 24.1 Å². The van der Waals surface area contributed by atoms with Gasteiger partial charge in [-0.15, -0.1) is 0 Å². The third-order valence-corrected chi connectivity index (χ3v) is 4.98. The maximum atomic E-state index is 8.84. The van der Waals surface area contributed by atoms with Gasteiger partial charge in [-0.3, -0.25) is 0 Å². The van der Waals surface area contributed by atoms with Crippen molar-refractivity contribution in [1.82, 2.24) is 0 Å². The van der Waals surface area contributed by atoms with Gasteiger partial charge in [-0.25, -0.2) is 0 Å². The third-order valence-electron chi connectivity index (χ3n) is 3.69. The van der Waals surface area contributed by atoms with E-state index in [9.17, 15) is 0 Å². The van der Waals surface area contributed by atoms with Crippen LogP contribution in [0.2, 0.25) is 0 Å². The molecule has 0 amide bonds. The SMILES string of the molecule is OCCO[C@@H]1O[C@H]2[C@H](OC[C@H]2OCc2ccccc2)[C@H]1I. The number of ether oxygens (including phenoxy) is 4. The lowest BCUT2D eigenvalue weighted by molar-refractivity contribution is -0.159. The van der Waals surface area contributed by atoms with E-state index in [1.54, 1.807) is 0 Å². The smallest absolute Gasteiger partial charge is 0.172 e. The molecule has 0 spiro atoms. The van der Waals surface area contributed by atoms with Gasteiger partial charge in [-0.1, -0.05) is 52.9 Å². The second-order valence-corrected chi connectivity index (χ2v) is 6.58. The Bertz CT molecular complexity index is 443. The molecule has 2 aliphatic heterocycles. The van der Waals surface area contributed by atoms with E-state index in [4.69, 9.17) is 24.1 Å². The van der Waals surface area contributed by atoms with E-state index in [0.717, 1.165) is 5.56 Å². The minimum absolute atomic E-state index is 0.00457. The molecule has 6 heteroatoms.